The summed E-state index contributed by atoms with van der Waals surface area (Å²) in [7, 11) is 1.69. The van der Waals surface area contributed by atoms with Crippen LogP contribution in [0.5, 0.6) is 0 Å². The second-order valence-corrected chi connectivity index (χ2v) is 3.94. The molecule has 1 fully saturated rings. The number of benzene rings is 1. The molecule has 0 spiro atoms. The van der Waals surface area contributed by atoms with Crippen molar-refractivity contribution in [3.63, 3.8) is 0 Å². The van der Waals surface area contributed by atoms with Crippen LogP contribution in [-0.2, 0) is 4.79 Å². The number of likely N-dealkylation sites (N-methyl/N-ethyl adjacent to an activating group) is 1. The highest BCUT2D eigenvalue weighted by Crippen LogP contribution is 2.08. The number of amides is 3. The summed E-state index contributed by atoms with van der Waals surface area (Å²) in [5.41, 5.74) is 0.945. The normalized spacial score (nSPS) is 15.9. The van der Waals surface area contributed by atoms with Gasteiger partial charge in [-0.05, 0) is 11.6 Å². The van der Waals surface area contributed by atoms with Gasteiger partial charge in [-0.15, -0.1) is 0 Å². The van der Waals surface area contributed by atoms with Crippen LogP contribution in [0.3, 0.4) is 0 Å². The molecular formula is C13H14N2O2. The highest BCUT2D eigenvalue weighted by molar-refractivity contribution is 6.03. The first kappa shape index (κ1) is 11.4. The Labute approximate surface area is 100 Å². The van der Waals surface area contributed by atoms with Crippen molar-refractivity contribution in [3.05, 3.63) is 42.0 Å². The Morgan fingerprint density at radius 3 is 2.53 bits per heavy atom. The highest BCUT2D eigenvalue weighted by Gasteiger charge is 2.28. The quantitative estimate of drug-likeness (QED) is 0.724. The fraction of sp³-hybridized carbons (Fsp3) is 0.231. The standard InChI is InChI=1S/C13H14N2O2/c1-14-9-10-15(13(14)17)12(16)8-7-11-5-3-2-4-6-11/h2-8H,9-10H2,1H3/b8-7+. The number of hydrogen-bond acceptors (Lipinski definition) is 2. The van der Waals surface area contributed by atoms with Crippen LogP contribution in [0.1, 0.15) is 5.56 Å². The first-order chi connectivity index (χ1) is 8.18. The van der Waals surface area contributed by atoms with E-state index in [4.69, 9.17) is 0 Å². The molecule has 3 amide bonds. The lowest BCUT2D eigenvalue weighted by Crippen LogP contribution is -2.33. The summed E-state index contributed by atoms with van der Waals surface area (Å²) in [5, 5.41) is 0. The average molecular weight is 230 g/mol. The predicted octanol–water partition coefficient (Wildman–Crippen LogP) is 1.59. The number of carbonyl (C=O) groups is 2. The van der Waals surface area contributed by atoms with E-state index in [1.807, 2.05) is 30.3 Å². The van der Waals surface area contributed by atoms with Gasteiger partial charge in [0.2, 0.25) is 0 Å². The molecule has 0 radical (unpaired) electrons. The number of carbonyl (C=O) groups excluding carboxylic acids is 2. The van der Waals surface area contributed by atoms with E-state index in [0.29, 0.717) is 13.1 Å². The molecule has 0 bridgehead atoms. The van der Waals surface area contributed by atoms with Gasteiger partial charge >= 0.3 is 6.03 Å². The molecule has 17 heavy (non-hydrogen) atoms. The largest absolute Gasteiger partial charge is 0.326 e. The first-order valence-electron chi connectivity index (χ1n) is 5.48. The van der Waals surface area contributed by atoms with Crippen molar-refractivity contribution in [2.45, 2.75) is 0 Å². The van der Waals surface area contributed by atoms with E-state index in [9.17, 15) is 9.59 Å². The van der Waals surface area contributed by atoms with Crippen molar-refractivity contribution in [3.8, 4) is 0 Å². The zero-order chi connectivity index (χ0) is 12.3. The molecule has 0 saturated carbocycles. The summed E-state index contributed by atoms with van der Waals surface area (Å²) in [6, 6.07) is 9.30. The zero-order valence-electron chi connectivity index (χ0n) is 9.67. The van der Waals surface area contributed by atoms with E-state index < -0.39 is 0 Å². The van der Waals surface area contributed by atoms with Crippen LogP contribution < -0.4 is 0 Å². The van der Waals surface area contributed by atoms with Gasteiger partial charge < -0.3 is 4.90 Å². The highest BCUT2D eigenvalue weighted by atomic mass is 16.2. The molecule has 4 nitrogen and oxygen atoms in total. The molecule has 1 aromatic carbocycles. The van der Waals surface area contributed by atoms with Crippen molar-refractivity contribution >= 4 is 18.0 Å². The van der Waals surface area contributed by atoms with Gasteiger partial charge in [0.15, 0.2) is 0 Å². The van der Waals surface area contributed by atoms with Crippen LogP contribution in [-0.4, -0.2) is 41.9 Å². The van der Waals surface area contributed by atoms with E-state index in [2.05, 4.69) is 0 Å². The number of hydrogen-bond donors (Lipinski definition) is 0. The summed E-state index contributed by atoms with van der Waals surface area (Å²) in [6.07, 6.45) is 3.15. The van der Waals surface area contributed by atoms with Crippen molar-refractivity contribution < 1.29 is 9.59 Å². The van der Waals surface area contributed by atoms with Crippen molar-refractivity contribution in [1.29, 1.82) is 0 Å². The predicted molar refractivity (Wildman–Crippen MR) is 65.2 cm³/mol. The third-order valence-corrected chi connectivity index (χ3v) is 2.70. The van der Waals surface area contributed by atoms with Crippen LogP contribution in [0.15, 0.2) is 36.4 Å². The van der Waals surface area contributed by atoms with Gasteiger partial charge in [-0.1, -0.05) is 30.3 Å². The average Bonchev–Trinajstić information content (AvgIpc) is 2.69. The molecule has 88 valence electrons. The van der Waals surface area contributed by atoms with Crippen LogP contribution in [0.25, 0.3) is 6.08 Å². The summed E-state index contributed by atoms with van der Waals surface area (Å²) in [4.78, 5) is 26.1. The summed E-state index contributed by atoms with van der Waals surface area (Å²) < 4.78 is 0. The van der Waals surface area contributed by atoms with Gasteiger partial charge in [0.25, 0.3) is 5.91 Å². The molecular weight excluding hydrogens is 216 g/mol. The van der Waals surface area contributed by atoms with E-state index >= 15 is 0 Å². The van der Waals surface area contributed by atoms with Crippen molar-refractivity contribution in [1.82, 2.24) is 9.80 Å². The van der Waals surface area contributed by atoms with Crippen molar-refractivity contribution in [2.24, 2.45) is 0 Å². The number of nitrogens with zero attached hydrogens (tertiary/aromatic N) is 2. The number of imide groups is 1. The summed E-state index contributed by atoms with van der Waals surface area (Å²) in [6.45, 7) is 1.07. The van der Waals surface area contributed by atoms with Gasteiger partial charge in [0, 0.05) is 26.2 Å². The van der Waals surface area contributed by atoms with Crippen LogP contribution in [0.2, 0.25) is 0 Å². The Balaban J connectivity index is 2.03. The Kier molecular flexibility index (Phi) is 3.23. The second-order valence-electron chi connectivity index (χ2n) is 3.94. The maximum atomic E-state index is 11.8. The Morgan fingerprint density at radius 1 is 1.24 bits per heavy atom. The molecule has 0 N–H and O–H groups in total. The Bertz CT molecular complexity index is 454. The number of rotatable bonds is 2. The third-order valence-electron chi connectivity index (χ3n) is 2.70. The molecule has 1 aliphatic heterocycles. The van der Waals surface area contributed by atoms with Gasteiger partial charge in [0.05, 0.1) is 0 Å². The fourth-order valence-electron chi connectivity index (χ4n) is 1.67. The Morgan fingerprint density at radius 2 is 1.94 bits per heavy atom. The van der Waals surface area contributed by atoms with Crippen LogP contribution in [0, 0.1) is 0 Å². The topological polar surface area (TPSA) is 40.6 Å². The van der Waals surface area contributed by atoms with E-state index in [1.165, 1.54) is 15.9 Å². The lowest BCUT2D eigenvalue weighted by molar-refractivity contribution is -0.122. The monoisotopic (exact) mass is 230 g/mol. The molecule has 1 aromatic rings. The molecule has 0 aromatic heterocycles. The molecule has 4 heteroatoms. The lowest BCUT2D eigenvalue weighted by Gasteiger charge is -2.11. The molecule has 0 unspecified atom stereocenters. The first-order valence-corrected chi connectivity index (χ1v) is 5.48. The summed E-state index contributed by atoms with van der Waals surface area (Å²) >= 11 is 0. The minimum absolute atomic E-state index is 0.229. The van der Waals surface area contributed by atoms with Gasteiger partial charge in [-0.2, -0.15) is 0 Å². The van der Waals surface area contributed by atoms with Gasteiger partial charge in [-0.25, -0.2) is 4.79 Å². The fourth-order valence-corrected chi connectivity index (χ4v) is 1.67. The van der Waals surface area contributed by atoms with Gasteiger partial charge in [0.1, 0.15) is 0 Å². The molecule has 1 saturated heterocycles. The van der Waals surface area contributed by atoms with Crippen molar-refractivity contribution in [2.75, 3.05) is 20.1 Å². The smallest absolute Gasteiger partial charge is 0.326 e. The number of urea groups is 1. The minimum Gasteiger partial charge on any atom is -0.326 e. The molecule has 2 rings (SSSR count). The zero-order valence-corrected chi connectivity index (χ0v) is 9.67. The lowest BCUT2D eigenvalue weighted by atomic mass is 10.2. The maximum Gasteiger partial charge on any atom is 0.326 e. The van der Waals surface area contributed by atoms with E-state index in [0.717, 1.165) is 5.56 Å². The second kappa shape index (κ2) is 4.82. The third kappa shape index (κ3) is 2.53. The van der Waals surface area contributed by atoms with E-state index in [-0.39, 0.29) is 11.9 Å². The van der Waals surface area contributed by atoms with Crippen LogP contribution in [0.4, 0.5) is 4.79 Å². The Hall–Kier alpha value is -2.10. The van der Waals surface area contributed by atoms with Crippen LogP contribution >= 0.6 is 0 Å². The summed E-state index contributed by atoms with van der Waals surface area (Å²) in [5.74, 6) is -0.261. The molecule has 1 heterocycles. The molecule has 1 aliphatic rings. The maximum absolute atomic E-state index is 11.8. The van der Waals surface area contributed by atoms with E-state index in [1.54, 1.807) is 13.1 Å². The van der Waals surface area contributed by atoms with Gasteiger partial charge in [-0.3, -0.25) is 9.69 Å². The molecule has 0 atom stereocenters. The SMILES string of the molecule is CN1CCN(C(=O)/C=C/c2ccccc2)C1=O. The minimum atomic E-state index is -0.261. The molecule has 0 aliphatic carbocycles.